The molecule has 2 rings (SSSR count). The molecule has 1 heterocycles. The van der Waals surface area contributed by atoms with Crippen LogP contribution in [0.15, 0.2) is 12.1 Å². The molecule has 0 saturated heterocycles. The number of aromatic nitrogens is 2. The van der Waals surface area contributed by atoms with E-state index in [0.717, 1.165) is 12.8 Å². The third-order valence-corrected chi connectivity index (χ3v) is 2.95. The summed E-state index contributed by atoms with van der Waals surface area (Å²) in [5, 5.41) is 20.5. The molecule has 0 aliphatic heterocycles. The van der Waals surface area contributed by atoms with Crippen molar-refractivity contribution in [3.05, 3.63) is 17.8 Å². The summed E-state index contributed by atoms with van der Waals surface area (Å²) in [7, 11) is 3.34. The maximum absolute atomic E-state index is 11.6. The van der Waals surface area contributed by atoms with Crippen LogP contribution < -0.4 is 5.32 Å². The third kappa shape index (κ3) is 3.16. The maximum Gasteiger partial charge on any atom is 0.273 e. The van der Waals surface area contributed by atoms with E-state index in [1.807, 2.05) is 0 Å². The summed E-state index contributed by atoms with van der Waals surface area (Å²) in [4.78, 5) is 13.0. The summed E-state index contributed by atoms with van der Waals surface area (Å²) in [6.45, 7) is 0.473. The molecule has 0 radical (unpaired) electrons. The van der Waals surface area contributed by atoms with Crippen molar-refractivity contribution >= 4 is 11.7 Å². The minimum absolute atomic E-state index is 0.174. The van der Waals surface area contributed by atoms with Gasteiger partial charge in [-0.3, -0.25) is 4.79 Å². The van der Waals surface area contributed by atoms with Gasteiger partial charge in [-0.25, -0.2) is 0 Å². The number of carbonyl (C=O) groups excluding carboxylic acids is 1. The van der Waals surface area contributed by atoms with Gasteiger partial charge in [-0.15, -0.1) is 10.2 Å². The molecule has 1 aliphatic carbocycles. The van der Waals surface area contributed by atoms with Crippen LogP contribution >= 0.6 is 0 Å². The number of nitrogens with zero attached hydrogens (tertiary/aromatic N) is 3. The summed E-state index contributed by atoms with van der Waals surface area (Å²) in [5.74, 6) is 0.831. The van der Waals surface area contributed by atoms with Crippen molar-refractivity contribution < 1.29 is 9.90 Å². The standard InChI is InChI=1S/C12H18N4O2/c1-16(2)12(18)9-5-6-11(15-14-9)13-7-10(17)8-3-4-8/h5-6,8,10,17H,3-4,7H2,1-2H3,(H,13,15). The minimum atomic E-state index is -0.324. The van der Waals surface area contributed by atoms with E-state index >= 15 is 0 Å². The van der Waals surface area contributed by atoms with Crippen molar-refractivity contribution in [1.82, 2.24) is 15.1 Å². The third-order valence-electron chi connectivity index (χ3n) is 2.95. The van der Waals surface area contributed by atoms with Crippen molar-refractivity contribution in [2.75, 3.05) is 26.0 Å². The Hall–Kier alpha value is -1.69. The van der Waals surface area contributed by atoms with Crippen LogP contribution in [0.3, 0.4) is 0 Å². The summed E-state index contributed by atoms with van der Waals surface area (Å²) in [6.07, 6.45) is 1.88. The molecule has 0 aromatic carbocycles. The van der Waals surface area contributed by atoms with Gasteiger partial charge < -0.3 is 15.3 Å². The van der Waals surface area contributed by atoms with E-state index in [0.29, 0.717) is 24.0 Å². The lowest BCUT2D eigenvalue weighted by Crippen LogP contribution is -2.24. The molecule has 6 nitrogen and oxygen atoms in total. The Labute approximate surface area is 106 Å². The number of aliphatic hydroxyl groups is 1. The van der Waals surface area contributed by atoms with Gasteiger partial charge in [-0.1, -0.05) is 0 Å². The highest BCUT2D eigenvalue weighted by Crippen LogP contribution is 2.32. The second-order valence-corrected chi connectivity index (χ2v) is 4.79. The topological polar surface area (TPSA) is 78.4 Å². The Morgan fingerprint density at radius 3 is 2.72 bits per heavy atom. The first-order valence-electron chi connectivity index (χ1n) is 6.05. The number of hydrogen-bond acceptors (Lipinski definition) is 5. The number of aliphatic hydroxyl groups excluding tert-OH is 1. The maximum atomic E-state index is 11.6. The van der Waals surface area contributed by atoms with Crippen LogP contribution in [0.2, 0.25) is 0 Å². The van der Waals surface area contributed by atoms with Gasteiger partial charge >= 0.3 is 0 Å². The van der Waals surface area contributed by atoms with E-state index in [1.165, 1.54) is 4.90 Å². The van der Waals surface area contributed by atoms with Crippen molar-refractivity contribution in [2.24, 2.45) is 5.92 Å². The molecule has 0 spiro atoms. The molecule has 1 aromatic heterocycles. The molecule has 2 N–H and O–H groups in total. The Kier molecular flexibility index (Phi) is 3.76. The van der Waals surface area contributed by atoms with Gasteiger partial charge in [0, 0.05) is 20.6 Å². The van der Waals surface area contributed by atoms with Crippen LogP contribution in [0, 0.1) is 5.92 Å². The first kappa shape index (κ1) is 12.8. The summed E-state index contributed by atoms with van der Waals surface area (Å²) < 4.78 is 0. The Morgan fingerprint density at radius 1 is 1.50 bits per heavy atom. The molecule has 1 aromatic rings. The van der Waals surface area contributed by atoms with Crippen LogP contribution in [0.25, 0.3) is 0 Å². The van der Waals surface area contributed by atoms with Crippen molar-refractivity contribution in [1.29, 1.82) is 0 Å². The molecule has 1 aliphatic rings. The summed E-state index contributed by atoms with van der Waals surface area (Å²) in [6, 6.07) is 3.32. The predicted molar refractivity (Wildman–Crippen MR) is 67.3 cm³/mol. The number of hydrogen-bond donors (Lipinski definition) is 2. The lowest BCUT2D eigenvalue weighted by molar-refractivity contribution is 0.0821. The number of anilines is 1. The van der Waals surface area contributed by atoms with E-state index in [2.05, 4.69) is 15.5 Å². The van der Waals surface area contributed by atoms with Crippen molar-refractivity contribution in [3.63, 3.8) is 0 Å². The van der Waals surface area contributed by atoms with E-state index in [4.69, 9.17) is 0 Å². The molecular weight excluding hydrogens is 232 g/mol. The predicted octanol–water partition coefficient (Wildman–Crippen LogP) is 0.361. The first-order valence-corrected chi connectivity index (χ1v) is 6.05. The normalized spacial score (nSPS) is 16.2. The van der Waals surface area contributed by atoms with Crippen LogP contribution in [0.4, 0.5) is 5.82 Å². The average molecular weight is 250 g/mol. The van der Waals surface area contributed by atoms with Crippen LogP contribution in [0.1, 0.15) is 23.3 Å². The average Bonchev–Trinajstić information content (AvgIpc) is 3.20. The second kappa shape index (κ2) is 5.30. The fourth-order valence-electron chi connectivity index (χ4n) is 1.63. The number of amides is 1. The Balaban J connectivity index is 1.88. The van der Waals surface area contributed by atoms with Crippen molar-refractivity contribution in [2.45, 2.75) is 18.9 Å². The van der Waals surface area contributed by atoms with E-state index < -0.39 is 0 Å². The molecule has 0 bridgehead atoms. The molecule has 1 amide bonds. The molecule has 1 unspecified atom stereocenters. The number of rotatable bonds is 5. The highest BCUT2D eigenvalue weighted by Gasteiger charge is 2.29. The first-order chi connectivity index (χ1) is 8.58. The fraction of sp³-hybridized carbons (Fsp3) is 0.583. The molecule has 1 saturated carbocycles. The van der Waals surface area contributed by atoms with Crippen LogP contribution in [0.5, 0.6) is 0 Å². The van der Waals surface area contributed by atoms with Gasteiger partial charge in [0.05, 0.1) is 6.10 Å². The largest absolute Gasteiger partial charge is 0.391 e. The van der Waals surface area contributed by atoms with Gasteiger partial charge in [-0.2, -0.15) is 0 Å². The lowest BCUT2D eigenvalue weighted by atomic mass is 10.2. The van der Waals surface area contributed by atoms with Crippen LogP contribution in [-0.4, -0.2) is 52.9 Å². The van der Waals surface area contributed by atoms with E-state index in [-0.39, 0.29) is 12.0 Å². The van der Waals surface area contributed by atoms with Gasteiger partial charge in [0.15, 0.2) is 5.69 Å². The van der Waals surface area contributed by atoms with Gasteiger partial charge in [-0.05, 0) is 30.9 Å². The van der Waals surface area contributed by atoms with Crippen LogP contribution in [-0.2, 0) is 0 Å². The lowest BCUT2D eigenvalue weighted by Gasteiger charge is -2.11. The molecule has 1 fully saturated rings. The molecule has 6 heteroatoms. The molecule has 18 heavy (non-hydrogen) atoms. The number of carbonyl (C=O) groups is 1. The Bertz CT molecular complexity index is 415. The summed E-state index contributed by atoms with van der Waals surface area (Å²) >= 11 is 0. The molecule has 1 atom stereocenters. The fourth-order valence-corrected chi connectivity index (χ4v) is 1.63. The molecule has 98 valence electrons. The zero-order valence-corrected chi connectivity index (χ0v) is 10.6. The molecular formula is C12H18N4O2. The van der Waals surface area contributed by atoms with Crippen molar-refractivity contribution in [3.8, 4) is 0 Å². The van der Waals surface area contributed by atoms with E-state index in [1.54, 1.807) is 26.2 Å². The SMILES string of the molecule is CN(C)C(=O)c1ccc(NCC(O)C2CC2)nn1. The minimum Gasteiger partial charge on any atom is -0.391 e. The quantitative estimate of drug-likeness (QED) is 0.789. The zero-order chi connectivity index (χ0) is 13.1. The number of nitrogens with one attached hydrogen (secondary N) is 1. The Morgan fingerprint density at radius 2 is 2.22 bits per heavy atom. The second-order valence-electron chi connectivity index (χ2n) is 4.79. The summed E-state index contributed by atoms with van der Waals surface area (Å²) in [5.41, 5.74) is 0.313. The monoisotopic (exact) mass is 250 g/mol. The zero-order valence-electron chi connectivity index (χ0n) is 10.6. The highest BCUT2D eigenvalue weighted by molar-refractivity contribution is 5.91. The smallest absolute Gasteiger partial charge is 0.273 e. The van der Waals surface area contributed by atoms with E-state index in [9.17, 15) is 9.90 Å². The highest BCUT2D eigenvalue weighted by atomic mass is 16.3. The van der Waals surface area contributed by atoms with Gasteiger partial charge in [0.25, 0.3) is 5.91 Å². The van der Waals surface area contributed by atoms with Gasteiger partial charge in [0.2, 0.25) is 0 Å². The van der Waals surface area contributed by atoms with Gasteiger partial charge in [0.1, 0.15) is 5.82 Å².